The summed E-state index contributed by atoms with van der Waals surface area (Å²) in [5.74, 6) is 0. The Morgan fingerprint density at radius 1 is 1.24 bits per heavy atom. The minimum atomic E-state index is 0.276. The SMILES string of the molecule is Cc1cc(NC(C)c2ccccc2)cnc1Br. The number of hydrogen-bond donors (Lipinski definition) is 1. The van der Waals surface area contributed by atoms with Gasteiger partial charge in [0, 0.05) is 6.04 Å². The number of rotatable bonds is 3. The van der Waals surface area contributed by atoms with Crippen LogP contribution in [0.5, 0.6) is 0 Å². The largest absolute Gasteiger partial charge is 0.377 e. The van der Waals surface area contributed by atoms with Crippen LogP contribution < -0.4 is 5.32 Å². The molecule has 0 spiro atoms. The molecule has 0 saturated heterocycles. The fourth-order valence-corrected chi connectivity index (χ4v) is 1.93. The molecule has 88 valence electrons. The molecule has 0 amide bonds. The summed E-state index contributed by atoms with van der Waals surface area (Å²) in [4.78, 5) is 4.28. The van der Waals surface area contributed by atoms with Gasteiger partial charge >= 0.3 is 0 Å². The van der Waals surface area contributed by atoms with E-state index in [4.69, 9.17) is 0 Å². The van der Waals surface area contributed by atoms with Gasteiger partial charge in [-0.1, -0.05) is 30.3 Å². The zero-order valence-corrected chi connectivity index (χ0v) is 11.5. The second kappa shape index (κ2) is 5.32. The van der Waals surface area contributed by atoms with E-state index in [1.54, 1.807) is 0 Å². The van der Waals surface area contributed by atoms with Gasteiger partial charge in [-0.3, -0.25) is 0 Å². The van der Waals surface area contributed by atoms with Gasteiger partial charge in [0.1, 0.15) is 4.60 Å². The van der Waals surface area contributed by atoms with E-state index in [2.05, 4.69) is 63.5 Å². The maximum Gasteiger partial charge on any atom is 0.109 e. The lowest BCUT2D eigenvalue weighted by molar-refractivity contribution is 0.882. The third kappa shape index (κ3) is 3.07. The van der Waals surface area contributed by atoms with Crippen molar-refractivity contribution in [1.29, 1.82) is 0 Å². The van der Waals surface area contributed by atoms with Gasteiger partial charge in [-0.15, -0.1) is 0 Å². The highest BCUT2D eigenvalue weighted by atomic mass is 79.9. The Bertz CT molecular complexity index is 497. The zero-order chi connectivity index (χ0) is 12.3. The Hall–Kier alpha value is -1.35. The number of aromatic nitrogens is 1. The lowest BCUT2D eigenvalue weighted by Gasteiger charge is -2.15. The monoisotopic (exact) mass is 290 g/mol. The molecule has 0 bridgehead atoms. The molecule has 1 aromatic carbocycles. The molecule has 3 heteroatoms. The highest BCUT2D eigenvalue weighted by Gasteiger charge is 2.05. The third-order valence-corrected chi connectivity index (χ3v) is 3.53. The van der Waals surface area contributed by atoms with Gasteiger partial charge in [0.15, 0.2) is 0 Å². The molecule has 1 atom stereocenters. The second-order valence-corrected chi connectivity index (χ2v) is 4.86. The second-order valence-electron chi connectivity index (χ2n) is 4.11. The van der Waals surface area contributed by atoms with E-state index in [1.165, 1.54) is 5.56 Å². The maximum absolute atomic E-state index is 4.28. The van der Waals surface area contributed by atoms with Gasteiger partial charge in [0.25, 0.3) is 0 Å². The first-order valence-electron chi connectivity index (χ1n) is 5.60. The van der Waals surface area contributed by atoms with Crippen molar-refractivity contribution >= 4 is 21.6 Å². The van der Waals surface area contributed by atoms with Crippen LogP contribution in [0.15, 0.2) is 47.2 Å². The van der Waals surface area contributed by atoms with Gasteiger partial charge < -0.3 is 5.32 Å². The summed E-state index contributed by atoms with van der Waals surface area (Å²) in [5, 5.41) is 3.44. The van der Waals surface area contributed by atoms with E-state index in [1.807, 2.05) is 19.2 Å². The van der Waals surface area contributed by atoms with E-state index < -0.39 is 0 Å². The number of hydrogen-bond acceptors (Lipinski definition) is 2. The van der Waals surface area contributed by atoms with Gasteiger partial charge in [-0.25, -0.2) is 4.98 Å². The number of pyridine rings is 1. The van der Waals surface area contributed by atoms with Crippen molar-refractivity contribution in [2.45, 2.75) is 19.9 Å². The molecule has 0 fully saturated rings. The topological polar surface area (TPSA) is 24.9 Å². The lowest BCUT2D eigenvalue weighted by Crippen LogP contribution is -2.06. The van der Waals surface area contributed by atoms with Crippen LogP contribution in [0.2, 0.25) is 0 Å². The van der Waals surface area contributed by atoms with Gasteiger partial charge in [-0.05, 0) is 47.0 Å². The van der Waals surface area contributed by atoms with E-state index >= 15 is 0 Å². The van der Waals surface area contributed by atoms with Gasteiger partial charge in [0.05, 0.1) is 11.9 Å². The molecule has 0 aliphatic heterocycles. The summed E-state index contributed by atoms with van der Waals surface area (Å²) in [6, 6.07) is 12.8. The first-order chi connectivity index (χ1) is 8.16. The predicted octanol–water partition coefficient (Wildman–Crippen LogP) is 4.33. The van der Waals surface area contributed by atoms with E-state index in [0.29, 0.717) is 0 Å². The summed E-state index contributed by atoms with van der Waals surface area (Å²) in [7, 11) is 0. The van der Waals surface area contributed by atoms with Crippen LogP contribution in [0.1, 0.15) is 24.1 Å². The van der Waals surface area contributed by atoms with Crippen LogP contribution in [0.4, 0.5) is 5.69 Å². The van der Waals surface area contributed by atoms with Crippen molar-refractivity contribution in [2.24, 2.45) is 0 Å². The van der Waals surface area contributed by atoms with Crippen LogP contribution in [0.3, 0.4) is 0 Å². The number of halogens is 1. The predicted molar refractivity (Wildman–Crippen MR) is 75.2 cm³/mol. The van der Waals surface area contributed by atoms with Gasteiger partial charge in [-0.2, -0.15) is 0 Å². The fourth-order valence-electron chi connectivity index (χ4n) is 1.71. The summed E-state index contributed by atoms with van der Waals surface area (Å²) >= 11 is 3.40. The van der Waals surface area contributed by atoms with Crippen molar-refractivity contribution in [3.63, 3.8) is 0 Å². The standard InChI is InChI=1S/C14H15BrN2/c1-10-8-13(9-16-14(10)15)17-11(2)12-6-4-3-5-7-12/h3-9,11,17H,1-2H3. The zero-order valence-electron chi connectivity index (χ0n) is 9.94. The Morgan fingerprint density at radius 3 is 2.59 bits per heavy atom. The summed E-state index contributed by atoms with van der Waals surface area (Å²) in [5.41, 5.74) is 3.45. The number of nitrogens with one attached hydrogen (secondary N) is 1. The molecule has 0 radical (unpaired) electrons. The number of nitrogens with zero attached hydrogens (tertiary/aromatic N) is 1. The summed E-state index contributed by atoms with van der Waals surface area (Å²) < 4.78 is 0.899. The first-order valence-corrected chi connectivity index (χ1v) is 6.40. The van der Waals surface area contributed by atoms with Crippen molar-refractivity contribution in [3.05, 3.63) is 58.3 Å². The van der Waals surface area contributed by atoms with Gasteiger partial charge in [0.2, 0.25) is 0 Å². The molecule has 17 heavy (non-hydrogen) atoms. The first kappa shape index (κ1) is 12.1. The minimum Gasteiger partial charge on any atom is -0.377 e. The Balaban J connectivity index is 2.13. The fraction of sp³-hybridized carbons (Fsp3) is 0.214. The molecular weight excluding hydrogens is 276 g/mol. The average Bonchev–Trinajstić information content (AvgIpc) is 2.35. The van der Waals surface area contributed by atoms with Crippen molar-refractivity contribution < 1.29 is 0 Å². The van der Waals surface area contributed by atoms with E-state index in [-0.39, 0.29) is 6.04 Å². The Kier molecular flexibility index (Phi) is 3.79. The summed E-state index contributed by atoms with van der Waals surface area (Å²) in [6.07, 6.45) is 1.84. The van der Waals surface area contributed by atoms with Crippen LogP contribution in [-0.2, 0) is 0 Å². The molecule has 0 aliphatic carbocycles. The third-order valence-electron chi connectivity index (χ3n) is 2.70. The van der Waals surface area contributed by atoms with Crippen molar-refractivity contribution in [1.82, 2.24) is 4.98 Å². The molecule has 0 aliphatic rings. The molecule has 2 aromatic rings. The Labute approximate surface area is 110 Å². The highest BCUT2D eigenvalue weighted by Crippen LogP contribution is 2.21. The average molecular weight is 291 g/mol. The smallest absolute Gasteiger partial charge is 0.109 e. The lowest BCUT2D eigenvalue weighted by atomic mass is 10.1. The maximum atomic E-state index is 4.28. The van der Waals surface area contributed by atoms with E-state index in [9.17, 15) is 0 Å². The van der Waals surface area contributed by atoms with Crippen molar-refractivity contribution in [2.75, 3.05) is 5.32 Å². The van der Waals surface area contributed by atoms with Crippen LogP contribution in [0.25, 0.3) is 0 Å². The molecule has 2 rings (SSSR count). The quantitative estimate of drug-likeness (QED) is 0.852. The van der Waals surface area contributed by atoms with Crippen molar-refractivity contribution in [3.8, 4) is 0 Å². The molecule has 1 N–H and O–H groups in total. The molecular formula is C14H15BrN2. The highest BCUT2D eigenvalue weighted by molar-refractivity contribution is 9.10. The minimum absolute atomic E-state index is 0.276. The molecule has 1 heterocycles. The molecule has 1 aromatic heterocycles. The Morgan fingerprint density at radius 2 is 1.94 bits per heavy atom. The van der Waals surface area contributed by atoms with E-state index in [0.717, 1.165) is 15.9 Å². The van der Waals surface area contributed by atoms with Crippen LogP contribution in [-0.4, -0.2) is 4.98 Å². The number of aryl methyl sites for hydroxylation is 1. The molecule has 1 unspecified atom stereocenters. The normalized spacial score (nSPS) is 12.2. The number of benzene rings is 1. The number of anilines is 1. The molecule has 0 saturated carbocycles. The van der Waals surface area contributed by atoms with Crippen LogP contribution >= 0.6 is 15.9 Å². The van der Waals surface area contributed by atoms with Crippen LogP contribution in [0, 0.1) is 6.92 Å². The molecule has 2 nitrogen and oxygen atoms in total. The summed E-state index contributed by atoms with van der Waals surface area (Å²) in [6.45, 7) is 4.18.